The Labute approximate surface area is 273 Å². The van der Waals surface area contributed by atoms with Crippen LogP contribution in [0, 0.1) is 20.5 Å². The molecule has 14 nitrogen and oxygen atoms in total. The fourth-order valence-corrected chi connectivity index (χ4v) is 3.26. The number of nitrogens with two attached hydrogens (primary N) is 2. The van der Waals surface area contributed by atoms with Gasteiger partial charge >= 0.3 is 69.6 Å². The molecule has 6 aromatic rings. The predicted octanol–water partition coefficient (Wildman–Crippen LogP) is 1.50. The summed E-state index contributed by atoms with van der Waals surface area (Å²) < 4.78 is 2.79. The van der Waals surface area contributed by atoms with E-state index >= 15 is 0 Å². The molecule has 6 heterocycles. The first-order chi connectivity index (χ1) is 20.5. The summed E-state index contributed by atoms with van der Waals surface area (Å²) in [4.78, 5) is 20.0. The molecule has 0 aliphatic heterocycles. The van der Waals surface area contributed by atoms with E-state index in [9.17, 15) is 0 Å². The standard InChI is InChI=1S/2C12H10N6.2CHNSe.Fe/c2*13-18-11(9-5-1-3-7-14-9)16-17-12(18)10-6-2-4-8-15-10;2*2-1-3;/h2*1-8H,13H2;2*3H;/q;;;;+2/p-2. The van der Waals surface area contributed by atoms with E-state index in [1.54, 1.807) is 34.7 Å². The van der Waals surface area contributed by atoms with E-state index in [1.165, 1.54) is 9.35 Å². The first kappa shape index (κ1) is 34.2. The van der Waals surface area contributed by atoms with E-state index in [0.717, 1.165) is 0 Å². The van der Waals surface area contributed by atoms with Crippen molar-refractivity contribution in [2.75, 3.05) is 11.7 Å². The van der Waals surface area contributed by atoms with Crippen molar-refractivity contribution in [1.29, 1.82) is 10.5 Å². The van der Waals surface area contributed by atoms with Crippen molar-refractivity contribution in [3.05, 3.63) is 97.6 Å². The van der Waals surface area contributed by atoms with Crippen molar-refractivity contribution >= 4 is 32.0 Å². The van der Waals surface area contributed by atoms with Crippen LogP contribution in [0.25, 0.3) is 46.1 Å². The molecule has 4 N–H and O–H groups in total. The van der Waals surface area contributed by atoms with Gasteiger partial charge in [-0.15, -0.1) is 20.4 Å². The molecule has 0 amide bonds. The van der Waals surface area contributed by atoms with Crippen LogP contribution in [0.5, 0.6) is 0 Å². The molecule has 0 aromatic carbocycles. The number of nitriles is 2. The average Bonchev–Trinajstić information content (AvgIpc) is 3.62. The van der Waals surface area contributed by atoms with E-state index < -0.39 is 0 Å². The van der Waals surface area contributed by atoms with E-state index in [-0.39, 0.29) is 17.1 Å². The van der Waals surface area contributed by atoms with Gasteiger partial charge in [0.2, 0.25) is 23.3 Å². The van der Waals surface area contributed by atoms with E-state index in [0.29, 0.717) is 46.1 Å². The largest absolute Gasteiger partial charge is 2.00 e. The minimum atomic E-state index is 0. The molecule has 0 aliphatic carbocycles. The number of hydrogen-bond acceptors (Lipinski definition) is 12. The third-order valence-electron chi connectivity index (χ3n) is 4.97. The SMILES string of the molecule is N#C[Se-].N#C[Se-].Nn1c(-c2ccccn2)nnc1-c1ccccn1.Nn1c(-c2ccccn2)nnc1-c1ccccn1.[Fe+2]. The third kappa shape index (κ3) is 9.53. The zero-order chi connectivity index (χ0) is 30.2. The van der Waals surface area contributed by atoms with Crippen LogP contribution in [0.2, 0.25) is 0 Å². The van der Waals surface area contributed by atoms with Gasteiger partial charge in [0.25, 0.3) is 0 Å². The van der Waals surface area contributed by atoms with Gasteiger partial charge in [-0.25, -0.2) is 9.35 Å². The zero-order valence-electron chi connectivity index (χ0n) is 21.9. The second kappa shape index (κ2) is 18.5. The molecule has 17 heteroatoms. The van der Waals surface area contributed by atoms with Crippen LogP contribution in [0.15, 0.2) is 97.6 Å². The molecule has 0 spiro atoms. The van der Waals surface area contributed by atoms with Gasteiger partial charge in [-0.2, -0.15) is 0 Å². The Hall–Kier alpha value is -4.98. The number of pyridine rings is 4. The summed E-state index contributed by atoms with van der Waals surface area (Å²) >= 11 is 4.22. The molecule has 0 bridgehead atoms. The Morgan fingerprint density at radius 3 is 0.860 bits per heavy atom. The summed E-state index contributed by atoms with van der Waals surface area (Å²) in [5, 5.41) is 30.7. The van der Waals surface area contributed by atoms with Crippen molar-refractivity contribution < 1.29 is 17.1 Å². The molecule has 0 fully saturated rings. The Balaban J connectivity index is 0.000000249. The molecule has 214 valence electrons. The quantitative estimate of drug-likeness (QED) is 0.194. The number of hydrogen-bond donors (Lipinski definition) is 2. The number of rotatable bonds is 4. The summed E-state index contributed by atoms with van der Waals surface area (Å²) in [6, 6.07) is 22.1. The van der Waals surface area contributed by atoms with Gasteiger partial charge in [-0.1, -0.05) is 24.3 Å². The molecular weight excluding hydrogens is 722 g/mol. The van der Waals surface area contributed by atoms with Crippen LogP contribution < -0.4 is 11.7 Å². The first-order valence-electron chi connectivity index (χ1n) is 11.6. The van der Waals surface area contributed by atoms with Crippen LogP contribution in [0.3, 0.4) is 0 Å². The fraction of sp³-hybridized carbons (Fsp3) is 0. The first-order valence-corrected chi connectivity index (χ1v) is 13.4. The normalized spacial score (nSPS) is 9.07. The maximum Gasteiger partial charge on any atom is 2.00 e. The Morgan fingerprint density at radius 2 is 0.698 bits per heavy atom. The van der Waals surface area contributed by atoms with Crippen molar-refractivity contribution in [2.45, 2.75) is 0 Å². The van der Waals surface area contributed by atoms with Gasteiger partial charge in [-0.05, 0) is 48.5 Å². The van der Waals surface area contributed by atoms with Gasteiger partial charge in [0.05, 0.1) is 0 Å². The maximum atomic E-state index is 7.26. The van der Waals surface area contributed by atoms with Gasteiger partial charge < -0.3 is 11.7 Å². The summed E-state index contributed by atoms with van der Waals surface area (Å²) in [5.41, 5.74) is 2.70. The molecule has 0 saturated carbocycles. The predicted molar refractivity (Wildman–Crippen MR) is 156 cm³/mol. The number of aromatic nitrogens is 10. The molecule has 0 radical (unpaired) electrons. The molecule has 0 aliphatic rings. The Bertz CT molecular complexity index is 1490. The van der Waals surface area contributed by atoms with Crippen LogP contribution in [0.1, 0.15) is 0 Å². The van der Waals surface area contributed by atoms with E-state index in [4.69, 9.17) is 22.2 Å². The number of nitrogens with zero attached hydrogens (tertiary/aromatic N) is 12. The number of nitrogen functional groups attached to an aromatic ring is 2. The minimum absolute atomic E-state index is 0. The zero-order valence-corrected chi connectivity index (χ0v) is 26.5. The minimum Gasteiger partial charge on any atom is -0.336 e. The van der Waals surface area contributed by atoms with Crippen molar-refractivity contribution in [3.63, 3.8) is 0 Å². The molecular formula is C26H20FeN14Se2. The topological polar surface area (TPSA) is 213 Å². The Kier molecular flexibility index (Phi) is 14.7. The molecule has 6 aromatic heterocycles. The summed E-state index contributed by atoms with van der Waals surface area (Å²) in [6.45, 7) is 0. The molecule has 43 heavy (non-hydrogen) atoms. The third-order valence-corrected chi connectivity index (χ3v) is 4.97. The molecule has 0 unspecified atom stereocenters. The fourth-order valence-electron chi connectivity index (χ4n) is 3.26. The molecule has 0 saturated heterocycles. The molecule has 0 atom stereocenters. The van der Waals surface area contributed by atoms with Crippen LogP contribution >= 0.6 is 0 Å². The maximum absolute atomic E-state index is 7.26. The van der Waals surface area contributed by atoms with E-state index in [2.05, 4.69) is 72.4 Å². The summed E-state index contributed by atoms with van der Waals surface area (Å²) in [6.07, 6.45) is 6.74. The monoisotopic (exact) mass is 744 g/mol. The van der Waals surface area contributed by atoms with Gasteiger partial charge in [0.15, 0.2) is 0 Å². The van der Waals surface area contributed by atoms with Gasteiger partial charge in [0, 0.05) is 24.8 Å². The van der Waals surface area contributed by atoms with Gasteiger partial charge in [-0.3, -0.25) is 19.9 Å². The van der Waals surface area contributed by atoms with Crippen LogP contribution in [-0.2, 0) is 17.1 Å². The molecule has 6 rings (SSSR count). The van der Waals surface area contributed by atoms with Crippen molar-refractivity contribution in [2.24, 2.45) is 0 Å². The smallest absolute Gasteiger partial charge is 0.336 e. The van der Waals surface area contributed by atoms with Gasteiger partial charge in [0.1, 0.15) is 22.8 Å². The van der Waals surface area contributed by atoms with Crippen LogP contribution in [0.4, 0.5) is 0 Å². The Morgan fingerprint density at radius 1 is 0.488 bits per heavy atom. The average molecular weight is 742 g/mol. The second-order valence-corrected chi connectivity index (χ2v) is 8.24. The van der Waals surface area contributed by atoms with Crippen molar-refractivity contribution in [3.8, 4) is 56.0 Å². The van der Waals surface area contributed by atoms with Crippen molar-refractivity contribution in [1.82, 2.24) is 49.7 Å². The van der Waals surface area contributed by atoms with Crippen LogP contribution in [-0.4, -0.2) is 81.7 Å². The summed E-state index contributed by atoms with van der Waals surface area (Å²) in [5.74, 6) is 14.0. The van der Waals surface area contributed by atoms with E-state index in [1.807, 2.05) is 72.8 Å². The second-order valence-electron chi connectivity index (χ2n) is 7.48. The summed E-state index contributed by atoms with van der Waals surface area (Å²) in [7, 11) is 0.